The van der Waals surface area contributed by atoms with E-state index in [1.165, 1.54) is 0 Å². The van der Waals surface area contributed by atoms with Crippen molar-refractivity contribution >= 4 is 12.4 Å². The second-order valence-corrected chi connectivity index (χ2v) is 2.30. The number of hydrogen-bond acceptors (Lipinski definition) is 4. The minimum atomic E-state index is -0.704. The Morgan fingerprint density at radius 1 is 1.64 bits per heavy atom. The van der Waals surface area contributed by atoms with E-state index in [1.54, 1.807) is 13.8 Å². The first-order valence-corrected chi connectivity index (χ1v) is 2.99. The summed E-state index contributed by atoms with van der Waals surface area (Å²) in [5.74, 6) is -0.683. The van der Waals surface area contributed by atoms with Gasteiger partial charge >= 0.3 is 42.0 Å². The van der Waals surface area contributed by atoms with Crippen molar-refractivity contribution in [2.45, 2.75) is 19.9 Å². The molecule has 0 aliphatic rings. The number of carbonyl (C=O) groups is 2. The number of ether oxygens (including phenoxy) is 1. The molecule has 0 heterocycles. The summed E-state index contributed by atoms with van der Waals surface area (Å²) in [5.41, 5.74) is 5.31. The molecule has 0 spiro atoms. The Balaban J connectivity index is -0.000000405. The van der Waals surface area contributed by atoms with Gasteiger partial charge in [-0.1, -0.05) is 13.8 Å². The average molecular weight is 169 g/mol. The Labute approximate surface area is 89.2 Å². The van der Waals surface area contributed by atoms with Crippen LogP contribution in [0.2, 0.25) is 0 Å². The predicted octanol–water partition coefficient (Wildman–Crippen LogP) is -3.21. The zero-order valence-corrected chi connectivity index (χ0v) is 9.03. The van der Waals surface area contributed by atoms with Crippen LogP contribution >= 0.6 is 0 Å². The van der Waals surface area contributed by atoms with Crippen molar-refractivity contribution in [2.75, 3.05) is 0 Å². The van der Waals surface area contributed by atoms with Crippen LogP contribution in [0.4, 0.5) is 0 Å². The zero-order valence-electron chi connectivity index (χ0n) is 8.03. The van der Waals surface area contributed by atoms with Crippen LogP contribution in [-0.4, -0.2) is 18.5 Å². The van der Waals surface area contributed by atoms with Crippen LogP contribution in [0.3, 0.4) is 0 Å². The fourth-order valence-corrected chi connectivity index (χ4v) is 0.398. The molecule has 0 aromatic rings. The van der Waals surface area contributed by atoms with Crippen molar-refractivity contribution in [3.05, 3.63) is 0 Å². The molecular formula is C6H12NNaO3. The molecule has 11 heavy (non-hydrogen) atoms. The normalized spacial score (nSPS) is 11.6. The van der Waals surface area contributed by atoms with Crippen LogP contribution < -0.4 is 35.3 Å². The van der Waals surface area contributed by atoms with Gasteiger partial charge in [0.15, 0.2) is 0 Å². The van der Waals surface area contributed by atoms with Crippen LogP contribution in [0.15, 0.2) is 0 Å². The number of nitrogens with two attached hydrogens (primary N) is 1. The number of hydrogen-bond donors (Lipinski definition) is 1. The molecule has 60 valence electrons. The van der Waals surface area contributed by atoms with E-state index in [2.05, 4.69) is 4.74 Å². The SMILES string of the molecule is CC(C)[C@H](N)C(=O)OC=O.[H-].[Na+]. The predicted molar refractivity (Wildman–Crippen MR) is 36.1 cm³/mol. The van der Waals surface area contributed by atoms with E-state index in [-0.39, 0.29) is 43.4 Å². The van der Waals surface area contributed by atoms with E-state index in [0.29, 0.717) is 0 Å². The monoisotopic (exact) mass is 169 g/mol. The fourth-order valence-electron chi connectivity index (χ4n) is 0.398. The molecule has 0 aliphatic carbocycles. The molecule has 0 aliphatic heterocycles. The van der Waals surface area contributed by atoms with Gasteiger partial charge in [-0.25, -0.2) is 4.79 Å². The molecule has 0 saturated carbocycles. The summed E-state index contributed by atoms with van der Waals surface area (Å²) in [4.78, 5) is 20.2. The first-order chi connectivity index (χ1) is 4.59. The van der Waals surface area contributed by atoms with Gasteiger partial charge in [-0.3, -0.25) is 4.79 Å². The standard InChI is InChI=1S/C6H11NO3.Na.H/c1-4(2)5(7)6(9)10-3-8;;/h3-5H,7H2,1-2H3;;/q;+1;-1/t5-;;/m0../s1. The Morgan fingerprint density at radius 2 is 2.09 bits per heavy atom. The summed E-state index contributed by atoms with van der Waals surface area (Å²) in [6.07, 6.45) is 0. The van der Waals surface area contributed by atoms with Gasteiger partial charge in [-0.15, -0.1) is 0 Å². The third kappa shape index (κ3) is 5.38. The first-order valence-electron chi connectivity index (χ1n) is 2.99. The van der Waals surface area contributed by atoms with Crippen LogP contribution in [0.5, 0.6) is 0 Å². The van der Waals surface area contributed by atoms with Crippen LogP contribution in [-0.2, 0) is 14.3 Å². The van der Waals surface area contributed by atoms with Gasteiger partial charge < -0.3 is 11.9 Å². The second kappa shape index (κ2) is 6.79. The van der Waals surface area contributed by atoms with Crippen molar-refractivity contribution in [1.82, 2.24) is 0 Å². The third-order valence-corrected chi connectivity index (χ3v) is 1.15. The molecule has 0 fully saturated rings. The van der Waals surface area contributed by atoms with Crippen LogP contribution in [0.1, 0.15) is 15.3 Å². The molecule has 0 amide bonds. The van der Waals surface area contributed by atoms with Gasteiger partial charge in [0.25, 0.3) is 0 Å². The van der Waals surface area contributed by atoms with Gasteiger partial charge in [0.05, 0.1) is 0 Å². The molecule has 0 bridgehead atoms. The maximum absolute atomic E-state index is 10.6. The molecule has 0 unspecified atom stereocenters. The van der Waals surface area contributed by atoms with Crippen molar-refractivity contribution in [3.8, 4) is 0 Å². The second-order valence-electron chi connectivity index (χ2n) is 2.30. The van der Waals surface area contributed by atoms with E-state index < -0.39 is 12.0 Å². The smallest absolute Gasteiger partial charge is 1.00 e. The van der Waals surface area contributed by atoms with Gasteiger partial charge in [-0.05, 0) is 5.92 Å². The summed E-state index contributed by atoms with van der Waals surface area (Å²) in [5, 5.41) is 0. The van der Waals surface area contributed by atoms with Crippen molar-refractivity contribution in [3.63, 3.8) is 0 Å². The number of esters is 1. The molecule has 1 atom stereocenters. The zero-order chi connectivity index (χ0) is 8.15. The molecule has 0 aromatic heterocycles. The Bertz CT molecular complexity index is 143. The Hall–Kier alpha value is 0.1000. The van der Waals surface area contributed by atoms with E-state index in [0.717, 1.165) is 0 Å². The van der Waals surface area contributed by atoms with Crippen LogP contribution in [0.25, 0.3) is 0 Å². The molecule has 5 heteroatoms. The van der Waals surface area contributed by atoms with Crippen molar-refractivity contribution in [2.24, 2.45) is 11.7 Å². The topological polar surface area (TPSA) is 69.4 Å². The molecule has 0 radical (unpaired) electrons. The quantitative estimate of drug-likeness (QED) is 0.209. The molecule has 0 aromatic carbocycles. The van der Waals surface area contributed by atoms with Gasteiger partial charge in [0.1, 0.15) is 6.04 Å². The van der Waals surface area contributed by atoms with E-state index in [9.17, 15) is 9.59 Å². The first kappa shape index (κ1) is 13.7. The van der Waals surface area contributed by atoms with E-state index in [1.807, 2.05) is 0 Å². The minimum absolute atomic E-state index is 0. The Morgan fingerprint density at radius 3 is 2.36 bits per heavy atom. The van der Waals surface area contributed by atoms with Crippen molar-refractivity contribution < 1.29 is 45.3 Å². The molecule has 2 N–H and O–H groups in total. The number of carbonyl (C=O) groups excluding carboxylic acids is 2. The van der Waals surface area contributed by atoms with E-state index in [4.69, 9.17) is 5.73 Å². The van der Waals surface area contributed by atoms with Gasteiger partial charge in [0, 0.05) is 0 Å². The van der Waals surface area contributed by atoms with Crippen molar-refractivity contribution in [1.29, 1.82) is 0 Å². The summed E-state index contributed by atoms with van der Waals surface area (Å²) in [6, 6.07) is -0.704. The van der Waals surface area contributed by atoms with E-state index >= 15 is 0 Å². The maximum Gasteiger partial charge on any atom is 1.00 e. The summed E-state index contributed by atoms with van der Waals surface area (Å²) < 4.78 is 4.02. The number of rotatable bonds is 3. The minimum Gasteiger partial charge on any atom is -1.00 e. The van der Waals surface area contributed by atoms with Gasteiger partial charge in [-0.2, -0.15) is 0 Å². The van der Waals surface area contributed by atoms with Gasteiger partial charge in [0.2, 0.25) is 0 Å². The molecule has 0 rings (SSSR count). The largest absolute Gasteiger partial charge is 1.00 e. The Kier molecular flexibility index (Phi) is 8.44. The molecular weight excluding hydrogens is 157 g/mol. The van der Waals surface area contributed by atoms with Crippen LogP contribution in [0, 0.1) is 5.92 Å². The molecule has 4 nitrogen and oxygen atoms in total. The fraction of sp³-hybridized carbons (Fsp3) is 0.667. The maximum atomic E-state index is 10.6. The summed E-state index contributed by atoms with van der Waals surface area (Å²) >= 11 is 0. The average Bonchev–Trinajstić information content (AvgIpc) is 1.87. The summed E-state index contributed by atoms with van der Waals surface area (Å²) in [6.45, 7) is 3.64. The summed E-state index contributed by atoms with van der Waals surface area (Å²) in [7, 11) is 0. The molecule has 0 saturated heterocycles. The third-order valence-electron chi connectivity index (χ3n) is 1.15.